The standard InChI is InChI=1S/C21H23N5O2S2/c1-5-9-26-13(2)10-18(14(26)3)19(28)12-29-21-25-24-20(30-21)23-17-8-6-7-16(11-17)22-15(4)27/h5-8,10-11H,1,9,12H2,2-4H3,(H,22,27)(H,23,24). The Kier molecular flexibility index (Phi) is 7.07. The summed E-state index contributed by atoms with van der Waals surface area (Å²) < 4.78 is 2.79. The molecule has 0 saturated carbocycles. The SMILES string of the molecule is C=CCn1c(C)cc(C(=O)CSc2nnc(Nc3cccc(NC(C)=O)c3)s2)c1C. The average molecular weight is 442 g/mol. The molecule has 3 aromatic rings. The van der Waals surface area contributed by atoms with Crippen LogP contribution < -0.4 is 10.6 Å². The summed E-state index contributed by atoms with van der Waals surface area (Å²) >= 11 is 2.75. The van der Waals surface area contributed by atoms with Gasteiger partial charge in [-0.2, -0.15) is 0 Å². The lowest BCUT2D eigenvalue weighted by molar-refractivity contribution is -0.114. The van der Waals surface area contributed by atoms with E-state index in [4.69, 9.17) is 0 Å². The minimum atomic E-state index is -0.128. The van der Waals surface area contributed by atoms with Gasteiger partial charge in [-0.25, -0.2) is 0 Å². The summed E-state index contributed by atoms with van der Waals surface area (Å²) in [7, 11) is 0. The number of carbonyl (C=O) groups excluding carboxylic acids is 2. The van der Waals surface area contributed by atoms with Crippen LogP contribution in [0.3, 0.4) is 0 Å². The van der Waals surface area contributed by atoms with Gasteiger partial charge in [0.05, 0.1) is 5.75 Å². The number of ketones is 1. The zero-order chi connectivity index (χ0) is 21.7. The predicted molar refractivity (Wildman–Crippen MR) is 123 cm³/mol. The molecule has 7 nitrogen and oxygen atoms in total. The highest BCUT2D eigenvalue weighted by Gasteiger charge is 2.16. The van der Waals surface area contributed by atoms with Crippen LogP contribution in [0.1, 0.15) is 28.7 Å². The van der Waals surface area contributed by atoms with Crippen molar-refractivity contribution in [3.05, 3.63) is 59.9 Å². The van der Waals surface area contributed by atoms with Crippen LogP contribution in [0.25, 0.3) is 0 Å². The van der Waals surface area contributed by atoms with Gasteiger partial charge in [0.2, 0.25) is 11.0 Å². The second-order valence-electron chi connectivity index (χ2n) is 6.66. The number of hydrogen-bond donors (Lipinski definition) is 2. The molecule has 0 aliphatic carbocycles. The number of allylic oxidation sites excluding steroid dienone is 1. The molecule has 2 heterocycles. The third kappa shape index (κ3) is 5.37. The molecule has 2 N–H and O–H groups in total. The summed E-state index contributed by atoms with van der Waals surface area (Å²) in [6, 6.07) is 9.27. The number of aromatic nitrogens is 3. The van der Waals surface area contributed by atoms with Crippen LogP contribution in [0.4, 0.5) is 16.5 Å². The molecule has 1 amide bonds. The fourth-order valence-electron chi connectivity index (χ4n) is 3.02. The molecular weight excluding hydrogens is 418 g/mol. The number of anilines is 3. The van der Waals surface area contributed by atoms with Crippen LogP contribution in [0.15, 0.2) is 47.3 Å². The number of nitrogens with zero attached hydrogens (tertiary/aromatic N) is 3. The number of hydrogen-bond acceptors (Lipinski definition) is 7. The van der Waals surface area contributed by atoms with Crippen LogP contribution in [-0.4, -0.2) is 32.2 Å². The molecule has 0 aliphatic rings. The molecule has 0 unspecified atom stereocenters. The van der Waals surface area contributed by atoms with Crippen molar-refractivity contribution >= 4 is 51.3 Å². The number of amides is 1. The van der Waals surface area contributed by atoms with Gasteiger partial charge in [0, 0.05) is 41.8 Å². The largest absolute Gasteiger partial charge is 0.345 e. The number of Topliss-reactive ketones (excluding diaryl/α,β-unsaturated/α-hetero) is 1. The molecule has 0 bridgehead atoms. The average Bonchev–Trinajstić information content (AvgIpc) is 3.25. The maximum atomic E-state index is 12.7. The summed E-state index contributed by atoms with van der Waals surface area (Å²) in [5, 5.41) is 14.8. The fourth-order valence-corrected chi connectivity index (χ4v) is 4.67. The Morgan fingerprint density at radius 1 is 1.23 bits per heavy atom. The highest BCUT2D eigenvalue weighted by Crippen LogP contribution is 2.29. The van der Waals surface area contributed by atoms with Gasteiger partial charge in [-0.3, -0.25) is 9.59 Å². The molecule has 0 spiro atoms. The van der Waals surface area contributed by atoms with Gasteiger partial charge in [-0.05, 0) is 38.1 Å². The van der Waals surface area contributed by atoms with E-state index in [9.17, 15) is 9.59 Å². The van der Waals surface area contributed by atoms with E-state index >= 15 is 0 Å². The first-order valence-electron chi connectivity index (χ1n) is 9.29. The lowest BCUT2D eigenvalue weighted by atomic mass is 10.2. The van der Waals surface area contributed by atoms with Crippen LogP contribution in [0.2, 0.25) is 0 Å². The number of aryl methyl sites for hydroxylation is 1. The lowest BCUT2D eigenvalue weighted by Crippen LogP contribution is -2.06. The Labute approximate surface area is 183 Å². The third-order valence-electron chi connectivity index (χ3n) is 4.35. The first-order chi connectivity index (χ1) is 14.4. The van der Waals surface area contributed by atoms with Crippen LogP contribution in [-0.2, 0) is 11.3 Å². The summed E-state index contributed by atoms with van der Waals surface area (Å²) in [4.78, 5) is 23.9. The maximum absolute atomic E-state index is 12.7. The topological polar surface area (TPSA) is 88.9 Å². The van der Waals surface area contributed by atoms with Crippen LogP contribution in [0, 0.1) is 13.8 Å². The Hall–Kier alpha value is -2.91. The molecule has 156 valence electrons. The van der Waals surface area contributed by atoms with E-state index in [1.54, 1.807) is 0 Å². The second-order valence-corrected chi connectivity index (χ2v) is 8.86. The van der Waals surface area contributed by atoms with Crippen molar-refractivity contribution in [2.45, 2.75) is 31.7 Å². The molecule has 0 fully saturated rings. The summed E-state index contributed by atoms with van der Waals surface area (Å²) in [6.07, 6.45) is 1.82. The number of rotatable bonds is 9. The van der Waals surface area contributed by atoms with Crippen molar-refractivity contribution < 1.29 is 9.59 Å². The molecular formula is C21H23N5O2S2. The quantitative estimate of drug-likeness (QED) is 0.281. The monoisotopic (exact) mass is 441 g/mol. The number of nitrogens with one attached hydrogen (secondary N) is 2. The maximum Gasteiger partial charge on any atom is 0.221 e. The Morgan fingerprint density at radius 2 is 2.00 bits per heavy atom. The van der Waals surface area contributed by atoms with Gasteiger partial charge in [0.1, 0.15) is 0 Å². The van der Waals surface area contributed by atoms with E-state index in [0.717, 1.165) is 22.6 Å². The van der Waals surface area contributed by atoms with E-state index < -0.39 is 0 Å². The number of benzene rings is 1. The van der Waals surface area contributed by atoms with Gasteiger partial charge in [-0.1, -0.05) is 35.2 Å². The van der Waals surface area contributed by atoms with Crippen molar-refractivity contribution in [2.75, 3.05) is 16.4 Å². The normalized spacial score (nSPS) is 10.6. The molecule has 0 atom stereocenters. The van der Waals surface area contributed by atoms with E-state index in [1.165, 1.54) is 30.0 Å². The van der Waals surface area contributed by atoms with E-state index in [-0.39, 0.29) is 11.7 Å². The van der Waals surface area contributed by atoms with Crippen molar-refractivity contribution in [3.8, 4) is 0 Å². The van der Waals surface area contributed by atoms with Gasteiger partial charge in [0.25, 0.3) is 0 Å². The highest BCUT2D eigenvalue weighted by molar-refractivity contribution is 8.01. The minimum Gasteiger partial charge on any atom is -0.345 e. The van der Waals surface area contributed by atoms with E-state index in [1.807, 2.05) is 50.3 Å². The molecule has 9 heteroatoms. The summed E-state index contributed by atoms with van der Waals surface area (Å²) in [6.45, 7) is 9.87. The van der Waals surface area contributed by atoms with Gasteiger partial charge in [0.15, 0.2) is 10.1 Å². The van der Waals surface area contributed by atoms with Gasteiger partial charge in [-0.15, -0.1) is 16.8 Å². The highest BCUT2D eigenvalue weighted by atomic mass is 32.2. The minimum absolute atomic E-state index is 0.0659. The first-order valence-corrected chi connectivity index (χ1v) is 11.1. The molecule has 2 aromatic heterocycles. The predicted octanol–water partition coefficient (Wildman–Crippen LogP) is 4.82. The second kappa shape index (κ2) is 9.73. The molecule has 0 radical (unpaired) electrons. The summed E-state index contributed by atoms with van der Waals surface area (Å²) in [5.41, 5.74) is 4.23. The van der Waals surface area contributed by atoms with Crippen molar-refractivity contribution in [2.24, 2.45) is 0 Å². The van der Waals surface area contributed by atoms with Crippen molar-refractivity contribution in [1.29, 1.82) is 0 Å². The van der Waals surface area contributed by atoms with Gasteiger partial charge < -0.3 is 15.2 Å². The van der Waals surface area contributed by atoms with E-state index in [0.29, 0.717) is 27.5 Å². The Balaban J connectivity index is 1.61. The summed E-state index contributed by atoms with van der Waals surface area (Å²) in [5.74, 6) is 0.234. The molecule has 30 heavy (non-hydrogen) atoms. The zero-order valence-corrected chi connectivity index (χ0v) is 18.7. The molecule has 0 saturated heterocycles. The van der Waals surface area contributed by atoms with Crippen LogP contribution >= 0.6 is 23.1 Å². The zero-order valence-electron chi connectivity index (χ0n) is 17.1. The molecule has 3 rings (SSSR count). The Morgan fingerprint density at radius 3 is 2.73 bits per heavy atom. The smallest absolute Gasteiger partial charge is 0.221 e. The van der Waals surface area contributed by atoms with Crippen LogP contribution in [0.5, 0.6) is 0 Å². The lowest BCUT2D eigenvalue weighted by Gasteiger charge is -2.06. The van der Waals surface area contributed by atoms with E-state index in [2.05, 4.69) is 32.0 Å². The van der Waals surface area contributed by atoms with Crippen molar-refractivity contribution in [1.82, 2.24) is 14.8 Å². The number of thioether (sulfide) groups is 1. The van der Waals surface area contributed by atoms with Gasteiger partial charge >= 0.3 is 0 Å². The number of carbonyl (C=O) groups is 2. The fraction of sp³-hybridized carbons (Fsp3) is 0.238. The Bertz CT molecular complexity index is 1090. The first kappa shape index (κ1) is 21.8. The molecule has 1 aromatic carbocycles. The third-order valence-corrected chi connectivity index (χ3v) is 6.33. The van der Waals surface area contributed by atoms with Crippen molar-refractivity contribution in [3.63, 3.8) is 0 Å². The molecule has 0 aliphatic heterocycles.